The summed E-state index contributed by atoms with van der Waals surface area (Å²) in [5.74, 6) is -0.545. The Balaban J connectivity index is 1.52. The Morgan fingerprint density at radius 2 is 1.74 bits per heavy atom. The molecular formula is C25H25N3O3. The maximum atomic E-state index is 13.2. The Hall–Kier alpha value is -3.67. The lowest BCUT2D eigenvalue weighted by Crippen LogP contribution is -2.42. The Morgan fingerprint density at radius 3 is 2.48 bits per heavy atom. The Kier molecular flexibility index (Phi) is 5.23. The van der Waals surface area contributed by atoms with Gasteiger partial charge < -0.3 is 10.6 Å². The zero-order valence-corrected chi connectivity index (χ0v) is 17.8. The Labute approximate surface area is 181 Å². The van der Waals surface area contributed by atoms with Gasteiger partial charge in [-0.05, 0) is 52.9 Å². The molecule has 0 radical (unpaired) electrons. The molecule has 1 heterocycles. The predicted molar refractivity (Wildman–Crippen MR) is 121 cm³/mol. The minimum Gasteiger partial charge on any atom is -0.325 e. The van der Waals surface area contributed by atoms with Gasteiger partial charge in [0.1, 0.15) is 12.1 Å². The van der Waals surface area contributed by atoms with Crippen molar-refractivity contribution in [2.24, 2.45) is 0 Å². The van der Waals surface area contributed by atoms with Gasteiger partial charge in [0.25, 0.3) is 5.91 Å². The van der Waals surface area contributed by atoms with Crippen LogP contribution in [0.5, 0.6) is 0 Å². The van der Waals surface area contributed by atoms with Gasteiger partial charge in [-0.15, -0.1) is 0 Å². The number of benzene rings is 3. The van der Waals surface area contributed by atoms with Crippen molar-refractivity contribution >= 4 is 34.3 Å². The molecule has 31 heavy (non-hydrogen) atoms. The van der Waals surface area contributed by atoms with Crippen LogP contribution >= 0.6 is 0 Å². The smallest absolute Gasteiger partial charge is 0.325 e. The molecule has 158 valence electrons. The minimum atomic E-state index is -1.22. The van der Waals surface area contributed by atoms with Crippen LogP contribution in [0.25, 0.3) is 10.8 Å². The SMILES string of the molecule is CC(C)c1cccc(NC(=O)CN2C(=O)N[C@](C)(c3ccc4ccccc4c3)C2=O)c1. The summed E-state index contributed by atoms with van der Waals surface area (Å²) in [6, 6.07) is 20.4. The van der Waals surface area contributed by atoms with Gasteiger partial charge in [0, 0.05) is 5.69 Å². The van der Waals surface area contributed by atoms with E-state index in [9.17, 15) is 14.4 Å². The molecule has 0 unspecified atom stereocenters. The number of carbonyl (C=O) groups is 3. The number of amides is 4. The van der Waals surface area contributed by atoms with Gasteiger partial charge >= 0.3 is 6.03 Å². The second-order valence-corrected chi connectivity index (χ2v) is 8.34. The molecular weight excluding hydrogens is 390 g/mol. The molecule has 6 nitrogen and oxygen atoms in total. The van der Waals surface area contributed by atoms with E-state index in [4.69, 9.17) is 0 Å². The third-order valence-corrected chi connectivity index (χ3v) is 5.74. The number of hydrogen-bond donors (Lipinski definition) is 2. The standard InChI is InChI=1S/C25H25N3O3/c1-16(2)18-9-6-10-21(14-18)26-22(29)15-28-23(30)25(3,27-24(28)31)20-12-11-17-7-4-5-8-19(17)13-20/h4-14,16H,15H2,1-3H3,(H,26,29)(H,27,31)/t25-/m1/s1. The van der Waals surface area contributed by atoms with Gasteiger partial charge in [-0.2, -0.15) is 0 Å². The fourth-order valence-corrected chi connectivity index (χ4v) is 3.86. The highest BCUT2D eigenvalue weighted by atomic mass is 16.2. The maximum Gasteiger partial charge on any atom is 0.325 e. The lowest BCUT2D eigenvalue weighted by Gasteiger charge is -2.22. The number of imide groups is 1. The summed E-state index contributed by atoms with van der Waals surface area (Å²) in [5, 5.41) is 7.57. The van der Waals surface area contributed by atoms with Gasteiger partial charge in [0.05, 0.1) is 0 Å². The van der Waals surface area contributed by atoms with Crippen LogP contribution in [0.2, 0.25) is 0 Å². The van der Waals surface area contributed by atoms with Crippen LogP contribution in [0.4, 0.5) is 10.5 Å². The Bertz CT molecular complexity index is 1190. The monoisotopic (exact) mass is 415 g/mol. The number of anilines is 1. The molecule has 6 heteroatoms. The summed E-state index contributed by atoms with van der Waals surface area (Å²) in [5.41, 5.74) is 1.19. The number of hydrogen-bond acceptors (Lipinski definition) is 3. The van der Waals surface area contributed by atoms with Gasteiger partial charge in [-0.25, -0.2) is 4.79 Å². The van der Waals surface area contributed by atoms with Crippen molar-refractivity contribution < 1.29 is 14.4 Å². The van der Waals surface area contributed by atoms with Crippen molar-refractivity contribution in [3.05, 3.63) is 77.9 Å². The van der Waals surface area contributed by atoms with Crippen molar-refractivity contribution in [1.29, 1.82) is 0 Å². The molecule has 1 aliphatic rings. The Morgan fingerprint density at radius 1 is 1.00 bits per heavy atom. The maximum absolute atomic E-state index is 13.2. The second kappa shape index (κ2) is 7.87. The highest BCUT2D eigenvalue weighted by molar-refractivity contribution is 6.10. The van der Waals surface area contributed by atoms with Crippen molar-refractivity contribution in [2.75, 3.05) is 11.9 Å². The van der Waals surface area contributed by atoms with Gasteiger partial charge in [0.2, 0.25) is 5.91 Å². The van der Waals surface area contributed by atoms with E-state index in [0.717, 1.165) is 21.2 Å². The van der Waals surface area contributed by atoms with Crippen LogP contribution in [0.15, 0.2) is 66.7 Å². The largest absolute Gasteiger partial charge is 0.325 e. The van der Waals surface area contributed by atoms with Crippen LogP contribution in [0.1, 0.15) is 37.8 Å². The van der Waals surface area contributed by atoms with E-state index >= 15 is 0 Å². The van der Waals surface area contributed by atoms with Crippen molar-refractivity contribution in [2.45, 2.75) is 32.2 Å². The highest BCUT2D eigenvalue weighted by Gasteiger charge is 2.49. The molecule has 1 fully saturated rings. The molecule has 1 atom stereocenters. The number of carbonyl (C=O) groups excluding carboxylic acids is 3. The predicted octanol–water partition coefficient (Wildman–Crippen LogP) is 4.37. The topological polar surface area (TPSA) is 78.5 Å². The average Bonchev–Trinajstić information content (AvgIpc) is 2.97. The van der Waals surface area contributed by atoms with Gasteiger partial charge in [-0.3, -0.25) is 14.5 Å². The normalized spacial score (nSPS) is 18.5. The number of rotatable bonds is 5. The van der Waals surface area contributed by atoms with Gasteiger partial charge in [-0.1, -0.05) is 62.4 Å². The first kappa shape index (κ1) is 20.6. The summed E-state index contributed by atoms with van der Waals surface area (Å²) in [4.78, 5) is 39.3. The third-order valence-electron chi connectivity index (χ3n) is 5.74. The summed E-state index contributed by atoms with van der Waals surface area (Å²) in [6.45, 7) is 5.46. The highest BCUT2D eigenvalue weighted by Crippen LogP contribution is 2.31. The van der Waals surface area contributed by atoms with Crippen LogP contribution in [-0.4, -0.2) is 29.3 Å². The molecule has 0 spiro atoms. The van der Waals surface area contributed by atoms with E-state index < -0.39 is 23.4 Å². The lowest BCUT2D eigenvalue weighted by atomic mass is 9.90. The summed E-state index contributed by atoms with van der Waals surface area (Å²) in [7, 11) is 0. The fourth-order valence-electron chi connectivity index (χ4n) is 3.86. The first-order valence-electron chi connectivity index (χ1n) is 10.3. The lowest BCUT2D eigenvalue weighted by molar-refractivity contribution is -0.133. The number of nitrogens with zero attached hydrogens (tertiary/aromatic N) is 1. The quantitative estimate of drug-likeness (QED) is 0.608. The van der Waals surface area contributed by atoms with E-state index in [1.54, 1.807) is 13.0 Å². The van der Waals surface area contributed by atoms with E-state index in [2.05, 4.69) is 24.5 Å². The fraction of sp³-hybridized carbons (Fsp3) is 0.240. The molecule has 0 aromatic heterocycles. The first-order valence-corrected chi connectivity index (χ1v) is 10.3. The molecule has 2 N–H and O–H groups in total. The third kappa shape index (κ3) is 3.89. The molecule has 1 aliphatic heterocycles. The number of nitrogens with one attached hydrogen (secondary N) is 2. The average molecular weight is 415 g/mol. The molecule has 0 aliphatic carbocycles. The molecule has 0 saturated carbocycles. The zero-order chi connectivity index (χ0) is 22.2. The van der Waals surface area contributed by atoms with Crippen molar-refractivity contribution in [1.82, 2.24) is 10.2 Å². The van der Waals surface area contributed by atoms with Gasteiger partial charge in [0.15, 0.2) is 0 Å². The molecule has 4 amide bonds. The molecule has 1 saturated heterocycles. The van der Waals surface area contributed by atoms with Crippen LogP contribution in [0.3, 0.4) is 0 Å². The summed E-state index contributed by atoms with van der Waals surface area (Å²) < 4.78 is 0. The molecule has 0 bridgehead atoms. The van der Waals surface area contributed by atoms with E-state index in [1.807, 2.05) is 60.7 Å². The molecule has 4 rings (SSSR count). The van der Waals surface area contributed by atoms with Crippen LogP contribution in [-0.2, 0) is 15.1 Å². The van der Waals surface area contributed by atoms with E-state index in [-0.39, 0.29) is 6.54 Å². The van der Waals surface area contributed by atoms with E-state index in [1.165, 1.54) is 0 Å². The zero-order valence-electron chi connectivity index (χ0n) is 17.8. The van der Waals surface area contributed by atoms with E-state index in [0.29, 0.717) is 17.2 Å². The van der Waals surface area contributed by atoms with Crippen LogP contribution in [0, 0.1) is 0 Å². The van der Waals surface area contributed by atoms with Crippen molar-refractivity contribution in [3.8, 4) is 0 Å². The number of urea groups is 1. The summed E-state index contributed by atoms with van der Waals surface area (Å²) >= 11 is 0. The number of fused-ring (bicyclic) bond motifs is 1. The first-order chi connectivity index (χ1) is 14.8. The summed E-state index contributed by atoms with van der Waals surface area (Å²) in [6.07, 6.45) is 0. The second-order valence-electron chi connectivity index (χ2n) is 8.34. The molecule has 3 aromatic carbocycles. The van der Waals surface area contributed by atoms with Crippen molar-refractivity contribution in [3.63, 3.8) is 0 Å². The molecule has 3 aromatic rings. The van der Waals surface area contributed by atoms with Crippen LogP contribution < -0.4 is 10.6 Å². The minimum absolute atomic E-state index is 0.324.